The number of hydrogen-bond acceptors (Lipinski definition) is 2. The summed E-state index contributed by atoms with van der Waals surface area (Å²) in [5.41, 5.74) is 0.487. The van der Waals surface area contributed by atoms with Gasteiger partial charge in [-0.15, -0.1) is 0 Å². The number of carbonyl (C=O) groups excluding carboxylic acids is 1. The summed E-state index contributed by atoms with van der Waals surface area (Å²) in [5.74, 6) is 0.652. The van der Waals surface area contributed by atoms with Gasteiger partial charge in [-0.05, 0) is 37.3 Å². The number of amides is 1. The standard InChI is InChI=1S/C14H13Cl2NO2/c1-9(7-11-3-2-6-19-11)17-14(18)10-4-5-12(15)13(16)8-10/h2-6,8-9H,7H2,1H3,(H,17,18)/t9-/m1/s1. The van der Waals surface area contributed by atoms with E-state index in [0.717, 1.165) is 5.76 Å². The first kappa shape index (κ1) is 14.0. The van der Waals surface area contributed by atoms with Gasteiger partial charge in [-0.2, -0.15) is 0 Å². The lowest BCUT2D eigenvalue weighted by molar-refractivity contribution is 0.0939. The van der Waals surface area contributed by atoms with E-state index in [9.17, 15) is 4.79 Å². The van der Waals surface area contributed by atoms with Crippen molar-refractivity contribution in [2.45, 2.75) is 19.4 Å². The maximum atomic E-state index is 12.0. The lowest BCUT2D eigenvalue weighted by atomic mass is 10.1. The first-order chi connectivity index (χ1) is 9.06. The summed E-state index contributed by atoms with van der Waals surface area (Å²) in [4.78, 5) is 12.0. The van der Waals surface area contributed by atoms with Crippen molar-refractivity contribution in [2.75, 3.05) is 0 Å². The first-order valence-corrected chi connectivity index (χ1v) is 6.60. The summed E-state index contributed by atoms with van der Waals surface area (Å²) >= 11 is 11.7. The molecule has 0 saturated carbocycles. The van der Waals surface area contributed by atoms with Gasteiger partial charge in [0.15, 0.2) is 0 Å². The molecule has 0 bridgehead atoms. The fraction of sp³-hybridized carbons (Fsp3) is 0.214. The molecule has 2 rings (SSSR count). The lowest BCUT2D eigenvalue weighted by Crippen LogP contribution is -2.33. The number of carbonyl (C=O) groups is 1. The number of benzene rings is 1. The molecule has 19 heavy (non-hydrogen) atoms. The van der Waals surface area contributed by atoms with Crippen molar-refractivity contribution in [3.05, 3.63) is 58.0 Å². The fourth-order valence-corrected chi connectivity index (χ4v) is 2.02. The van der Waals surface area contributed by atoms with Crippen molar-refractivity contribution in [2.24, 2.45) is 0 Å². The van der Waals surface area contributed by atoms with E-state index in [2.05, 4.69) is 5.32 Å². The van der Waals surface area contributed by atoms with Gasteiger partial charge >= 0.3 is 0 Å². The van der Waals surface area contributed by atoms with E-state index in [1.807, 2.05) is 19.1 Å². The second-order valence-electron chi connectivity index (χ2n) is 4.29. The van der Waals surface area contributed by atoms with Crippen LogP contribution in [0.5, 0.6) is 0 Å². The highest BCUT2D eigenvalue weighted by molar-refractivity contribution is 6.42. The molecular formula is C14H13Cl2NO2. The molecule has 0 aliphatic heterocycles. The first-order valence-electron chi connectivity index (χ1n) is 5.84. The molecule has 0 aliphatic carbocycles. The Bertz CT molecular complexity index is 567. The Morgan fingerprint density at radius 2 is 2.11 bits per heavy atom. The van der Waals surface area contributed by atoms with E-state index in [0.29, 0.717) is 22.0 Å². The van der Waals surface area contributed by atoms with Gasteiger partial charge in [0, 0.05) is 18.0 Å². The van der Waals surface area contributed by atoms with Crippen LogP contribution < -0.4 is 5.32 Å². The third kappa shape index (κ3) is 3.75. The van der Waals surface area contributed by atoms with Crippen LogP contribution in [-0.4, -0.2) is 11.9 Å². The van der Waals surface area contributed by atoms with E-state index in [4.69, 9.17) is 27.6 Å². The summed E-state index contributed by atoms with van der Waals surface area (Å²) in [7, 11) is 0. The van der Waals surface area contributed by atoms with E-state index < -0.39 is 0 Å². The van der Waals surface area contributed by atoms with Gasteiger partial charge in [-0.1, -0.05) is 23.2 Å². The SMILES string of the molecule is C[C@H](Cc1ccco1)NC(=O)c1ccc(Cl)c(Cl)c1. The van der Waals surface area contributed by atoms with Gasteiger partial charge in [0.2, 0.25) is 0 Å². The van der Waals surface area contributed by atoms with Gasteiger partial charge in [-0.25, -0.2) is 0 Å². The van der Waals surface area contributed by atoms with Crippen LogP contribution in [-0.2, 0) is 6.42 Å². The zero-order valence-electron chi connectivity index (χ0n) is 10.3. The van der Waals surface area contributed by atoms with Crippen LogP contribution >= 0.6 is 23.2 Å². The highest BCUT2D eigenvalue weighted by atomic mass is 35.5. The number of halogens is 2. The number of hydrogen-bond donors (Lipinski definition) is 1. The zero-order valence-corrected chi connectivity index (χ0v) is 11.8. The maximum Gasteiger partial charge on any atom is 0.251 e. The fourth-order valence-electron chi connectivity index (χ4n) is 1.73. The molecule has 0 spiro atoms. The number of furan rings is 1. The number of rotatable bonds is 4. The molecule has 0 fully saturated rings. The molecule has 0 aliphatic rings. The average Bonchev–Trinajstić information content (AvgIpc) is 2.85. The molecule has 1 atom stereocenters. The molecule has 0 saturated heterocycles. The zero-order chi connectivity index (χ0) is 13.8. The second kappa shape index (κ2) is 6.13. The van der Waals surface area contributed by atoms with E-state index in [-0.39, 0.29) is 11.9 Å². The van der Waals surface area contributed by atoms with Gasteiger partial charge in [-0.3, -0.25) is 4.79 Å². The van der Waals surface area contributed by atoms with Crippen LogP contribution in [0.2, 0.25) is 10.0 Å². The molecule has 1 amide bonds. The van der Waals surface area contributed by atoms with Crippen LogP contribution in [0.15, 0.2) is 41.0 Å². The van der Waals surface area contributed by atoms with Crippen molar-refractivity contribution in [1.82, 2.24) is 5.32 Å². The smallest absolute Gasteiger partial charge is 0.251 e. The highest BCUT2D eigenvalue weighted by Crippen LogP contribution is 2.22. The molecular weight excluding hydrogens is 285 g/mol. The maximum absolute atomic E-state index is 12.0. The van der Waals surface area contributed by atoms with Crippen LogP contribution in [0.3, 0.4) is 0 Å². The Morgan fingerprint density at radius 3 is 2.74 bits per heavy atom. The molecule has 1 aromatic carbocycles. The minimum atomic E-state index is -0.183. The van der Waals surface area contributed by atoms with Crippen molar-refractivity contribution in [3.8, 4) is 0 Å². The van der Waals surface area contributed by atoms with Crippen LogP contribution in [0.25, 0.3) is 0 Å². The molecule has 1 aromatic heterocycles. The third-order valence-corrected chi connectivity index (χ3v) is 3.39. The van der Waals surface area contributed by atoms with Gasteiger partial charge in [0.05, 0.1) is 16.3 Å². The van der Waals surface area contributed by atoms with Crippen molar-refractivity contribution in [3.63, 3.8) is 0 Å². The summed E-state index contributed by atoms with van der Waals surface area (Å²) in [6.45, 7) is 1.91. The normalized spacial score (nSPS) is 12.2. The van der Waals surface area contributed by atoms with E-state index in [1.54, 1.807) is 24.5 Å². The average molecular weight is 298 g/mol. The topological polar surface area (TPSA) is 42.2 Å². The summed E-state index contributed by atoms with van der Waals surface area (Å²) < 4.78 is 5.24. The predicted octanol–water partition coefficient (Wildman–Crippen LogP) is 3.95. The third-order valence-electron chi connectivity index (χ3n) is 2.65. The molecule has 1 N–H and O–H groups in total. The molecule has 0 radical (unpaired) electrons. The largest absolute Gasteiger partial charge is 0.469 e. The Labute approximate surface area is 121 Å². The van der Waals surface area contributed by atoms with Crippen LogP contribution in [0, 0.1) is 0 Å². The Balaban J connectivity index is 1.98. The lowest BCUT2D eigenvalue weighted by Gasteiger charge is -2.12. The Hall–Kier alpha value is -1.45. The van der Waals surface area contributed by atoms with Gasteiger partial charge < -0.3 is 9.73 Å². The van der Waals surface area contributed by atoms with E-state index in [1.165, 1.54) is 0 Å². The van der Waals surface area contributed by atoms with Gasteiger partial charge in [0.25, 0.3) is 5.91 Å². The Kier molecular flexibility index (Phi) is 4.51. The quantitative estimate of drug-likeness (QED) is 0.928. The number of nitrogens with one attached hydrogen (secondary N) is 1. The Morgan fingerprint density at radius 1 is 1.32 bits per heavy atom. The summed E-state index contributed by atoms with van der Waals surface area (Å²) in [6.07, 6.45) is 2.25. The van der Waals surface area contributed by atoms with Crippen molar-refractivity contribution < 1.29 is 9.21 Å². The van der Waals surface area contributed by atoms with Crippen molar-refractivity contribution >= 4 is 29.1 Å². The molecule has 100 valence electrons. The van der Waals surface area contributed by atoms with Crippen LogP contribution in [0.1, 0.15) is 23.0 Å². The summed E-state index contributed by atoms with van der Waals surface area (Å²) in [5, 5.41) is 3.68. The van der Waals surface area contributed by atoms with Crippen molar-refractivity contribution in [1.29, 1.82) is 0 Å². The minimum absolute atomic E-state index is 0.0342. The second-order valence-corrected chi connectivity index (χ2v) is 5.10. The van der Waals surface area contributed by atoms with Crippen LogP contribution in [0.4, 0.5) is 0 Å². The molecule has 1 heterocycles. The summed E-state index contributed by atoms with van der Waals surface area (Å²) in [6, 6.07) is 8.47. The monoisotopic (exact) mass is 297 g/mol. The highest BCUT2D eigenvalue weighted by Gasteiger charge is 2.12. The molecule has 5 heteroatoms. The molecule has 0 unspecified atom stereocenters. The predicted molar refractivity (Wildman–Crippen MR) is 75.8 cm³/mol. The van der Waals surface area contributed by atoms with E-state index >= 15 is 0 Å². The molecule has 2 aromatic rings. The molecule has 3 nitrogen and oxygen atoms in total. The minimum Gasteiger partial charge on any atom is -0.469 e. The van der Waals surface area contributed by atoms with Gasteiger partial charge in [0.1, 0.15) is 5.76 Å².